The molecule has 0 aliphatic rings. The molecule has 0 fully saturated rings. The summed E-state index contributed by atoms with van der Waals surface area (Å²) in [5, 5.41) is 0. The molecule has 2 aromatic carbocycles. The molecule has 0 spiro atoms. The van der Waals surface area contributed by atoms with E-state index in [-0.39, 0.29) is 17.6 Å². The maximum atomic E-state index is 13.4. The van der Waals surface area contributed by atoms with Gasteiger partial charge in [-0.25, -0.2) is 8.78 Å². The summed E-state index contributed by atoms with van der Waals surface area (Å²) in [6, 6.07) is 13.0. The average Bonchev–Trinajstić information content (AvgIpc) is 2.35. The monoisotopic (exact) mass is 261 g/mol. The van der Waals surface area contributed by atoms with Gasteiger partial charge in [-0.3, -0.25) is 0 Å². The van der Waals surface area contributed by atoms with Crippen molar-refractivity contribution in [3.63, 3.8) is 0 Å². The Hall–Kier alpha value is -1.74. The first-order valence-electron chi connectivity index (χ1n) is 6.22. The predicted molar refractivity (Wildman–Crippen MR) is 73.2 cm³/mol. The van der Waals surface area contributed by atoms with Gasteiger partial charge in [-0.2, -0.15) is 0 Å². The van der Waals surface area contributed by atoms with Crippen molar-refractivity contribution in [1.82, 2.24) is 4.90 Å². The van der Waals surface area contributed by atoms with Crippen LogP contribution in [0.4, 0.5) is 8.78 Å². The molecule has 0 saturated heterocycles. The number of nitrogens with zero attached hydrogens (tertiary/aromatic N) is 1. The van der Waals surface area contributed by atoms with Crippen LogP contribution in [0.3, 0.4) is 0 Å². The summed E-state index contributed by atoms with van der Waals surface area (Å²) >= 11 is 0. The van der Waals surface area contributed by atoms with E-state index >= 15 is 0 Å². The standard InChI is InChI=1S/C16H17F2N/c1-19(2)11-16(12-5-3-7-14(17)9-12)13-6-4-8-15(18)10-13/h3-10,16H,11H2,1-2H3. The van der Waals surface area contributed by atoms with E-state index in [0.29, 0.717) is 6.54 Å². The average molecular weight is 261 g/mol. The van der Waals surface area contributed by atoms with Crippen LogP contribution in [0.2, 0.25) is 0 Å². The van der Waals surface area contributed by atoms with Crippen molar-refractivity contribution in [1.29, 1.82) is 0 Å². The molecule has 0 N–H and O–H groups in total. The van der Waals surface area contributed by atoms with Crippen molar-refractivity contribution >= 4 is 0 Å². The number of rotatable bonds is 4. The normalized spacial score (nSPS) is 11.3. The van der Waals surface area contributed by atoms with E-state index in [4.69, 9.17) is 0 Å². The quantitative estimate of drug-likeness (QED) is 0.812. The maximum absolute atomic E-state index is 13.4. The van der Waals surface area contributed by atoms with E-state index in [1.807, 2.05) is 31.1 Å². The maximum Gasteiger partial charge on any atom is 0.123 e. The molecule has 3 heteroatoms. The highest BCUT2D eigenvalue weighted by atomic mass is 19.1. The smallest absolute Gasteiger partial charge is 0.123 e. The van der Waals surface area contributed by atoms with Gasteiger partial charge in [0.15, 0.2) is 0 Å². The third kappa shape index (κ3) is 3.61. The molecule has 0 amide bonds. The van der Waals surface area contributed by atoms with Crippen LogP contribution >= 0.6 is 0 Å². The van der Waals surface area contributed by atoms with Crippen LogP contribution in [-0.4, -0.2) is 25.5 Å². The Morgan fingerprint density at radius 2 is 1.37 bits per heavy atom. The minimum Gasteiger partial charge on any atom is -0.308 e. The van der Waals surface area contributed by atoms with Crippen molar-refractivity contribution < 1.29 is 8.78 Å². The summed E-state index contributed by atoms with van der Waals surface area (Å²) in [7, 11) is 3.90. The molecule has 100 valence electrons. The van der Waals surface area contributed by atoms with Gasteiger partial charge in [-0.05, 0) is 49.5 Å². The van der Waals surface area contributed by atoms with Crippen molar-refractivity contribution in [3.05, 3.63) is 71.3 Å². The Kier molecular flexibility index (Phi) is 4.27. The molecule has 0 saturated carbocycles. The van der Waals surface area contributed by atoms with Gasteiger partial charge >= 0.3 is 0 Å². The zero-order valence-electron chi connectivity index (χ0n) is 11.1. The van der Waals surface area contributed by atoms with E-state index < -0.39 is 0 Å². The first kappa shape index (κ1) is 13.7. The SMILES string of the molecule is CN(C)CC(c1cccc(F)c1)c1cccc(F)c1. The fourth-order valence-corrected chi connectivity index (χ4v) is 2.22. The highest BCUT2D eigenvalue weighted by Crippen LogP contribution is 2.26. The lowest BCUT2D eigenvalue weighted by atomic mass is 9.91. The lowest BCUT2D eigenvalue weighted by molar-refractivity contribution is 0.391. The predicted octanol–water partition coefficient (Wildman–Crippen LogP) is 3.66. The topological polar surface area (TPSA) is 3.24 Å². The van der Waals surface area contributed by atoms with Crippen LogP contribution in [0.15, 0.2) is 48.5 Å². The van der Waals surface area contributed by atoms with Gasteiger partial charge in [0, 0.05) is 12.5 Å². The second-order valence-corrected chi connectivity index (χ2v) is 4.92. The molecular formula is C16H17F2N. The first-order chi connectivity index (χ1) is 9.06. The lowest BCUT2D eigenvalue weighted by Crippen LogP contribution is -2.21. The third-order valence-electron chi connectivity index (χ3n) is 3.05. The van der Waals surface area contributed by atoms with Crippen LogP contribution in [0.25, 0.3) is 0 Å². The number of hydrogen-bond donors (Lipinski definition) is 0. The summed E-state index contributed by atoms with van der Waals surface area (Å²) < 4.78 is 26.7. The third-order valence-corrected chi connectivity index (χ3v) is 3.05. The highest BCUT2D eigenvalue weighted by Gasteiger charge is 2.16. The molecule has 0 bridgehead atoms. The Morgan fingerprint density at radius 3 is 1.74 bits per heavy atom. The summed E-state index contributed by atoms with van der Waals surface area (Å²) in [4.78, 5) is 2.01. The number of likely N-dealkylation sites (N-methyl/N-ethyl adjacent to an activating group) is 1. The van der Waals surface area contributed by atoms with E-state index in [0.717, 1.165) is 11.1 Å². The van der Waals surface area contributed by atoms with E-state index in [9.17, 15) is 8.78 Å². The van der Waals surface area contributed by atoms with Gasteiger partial charge in [0.05, 0.1) is 0 Å². The Labute approximate surface area is 112 Å². The van der Waals surface area contributed by atoms with Gasteiger partial charge in [0.25, 0.3) is 0 Å². The molecule has 0 aliphatic heterocycles. The molecular weight excluding hydrogens is 244 g/mol. The van der Waals surface area contributed by atoms with Crippen molar-refractivity contribution in [2.75, 3.05) is 20.6 Å². The summed E-state index contributed by atoms with van der Waals surface area (Å²) in [5.41, 5.74) is 1.72. The van der Waals surface area contributed by atoms with Crippen LogP contribution < -0.4 is 0 Å². The van der Waals surface area contributed by atoms with Crippen LogP contribution in [0, 0.1) is 11.6 Å². The molecule has 2 aromatic rings. The molecule has 0 aromatic heterocycles. The Morgan fingerprint density at radius 1 is 0.895 bits per heavy atom. The van der Waals surface area contributed by atoms with Crippen molar-refractivity contribution in [2.24, 2.45) is 0 Å². The molecule has 0 atom stereocenters. The van der Waals surface area contributed by atoms with Gasteiger partial charge in [-0.1, -0.05) is 24.3 Å². The van der Waals surface area contributed by atoms with Gasteiger partial charge in [0.1, 0.15) is 11.6 Å². The van der Waals surface area contributed by atoms with Gasteiger partial charge in [-0.15, -0.1) is 0 Å². The zero-order chi connectivity index (χ0) is 13.8. The summed E-state index contributed by atoms with van der Waals surface area (Å²) in [6.07, 6.45) is 0. The summed E-state index contributed by atoms with van der Waals surface area (Å²) in [6.45, 7) is 0.701. The molecule has 0 aliphatic carbocycles. The van der Waals surface area contributed by atoms with Crippen molar-refractivity contribution in [2.45, 2.75) is 5.92 Å². The van der Waals surface area contributed by atoms with Gasteiger partial charge in [0.2, 0.25) is 0 Å². The minimum absolute atomic E-state index is 0.0404. The Bertz CT molecular complexity index is 506. The molecule has 2 rings (SSSR count). The molecule has 19 heavy (non-hydrogen) atoms. The number of hydrogen-bond acceptors (Lipinski definition) is 1. The van der Waals surface area contributed by atoms with E-state index in [1.54, 1.807) is 12.1 Å². The van der Waals surface area contributed by atoms with Crippen LogP contribution in [0.1, 0.15) is 17.0 Å². The van der Waals surface area contributed by atoms with E-state index in [2.05, 4.69) is 0 Å². The second-order valence-electron chi connectivity index (χ2n) is 4.92. The molecule has 0 heterocycles. The van der Waals surface area contributed by atoms with Crippen molar-refractivity contribution in [3.8, 4) is 0 Å². The number of benzene rings is 2. The highest BCUT2D eigenvalue weighted by molar-refractivity contribution is 5.33. The number of halogens is 2. The summed E-state index contributed by atoms with van der Waals surface area (Å²) in [5.74, 6) is -0.572. The van der Waals surface area contributed by atoms with Crippen LogP contribution in [-0.2, 0) is 0 Å². The molecule has 0 unspecified atom stereocenters. The zero-order valence-corrected chi connectivity index (χ0v) is 11.1. The minimum atomic E-state index is -0.266. The first-order valence-corrected chi connectivity index (χ1v) is 6.22. The lowest BCUT2D eigenvalue weighted by Gasteiger charge is -2.22. The van der Waals surface area contributed by atoms with E-state index in [1.165, 1.54) is 24.3 Å². The fourth-order valence-electron chi connectivity index (χ4n) is 2.22. The van der Waals surface area contributed by atoms with Crippen LogP contribution in [0.5, 0.6) is 0 Å². The molecule has 1 nitrogen and oxygen atoms in total. The van der Waals surface area contributed by atoms with Gasteiger partial charge < -0.3 is 4.90 Å². The Balaban J connectivity index is 2.41. The fraction of sp³-hybridized carbons (Fsp3) is 0.250. The molecule has 0 radical (unpaired) electrons. The second kappa shape index (κ2) is 5.93. The largest absolute Gasteiger partial charge is 0.308 e.